The van der Waals surface area contributed by atoms with Crippen molar-refractivity contribution in [2.24, 2.45) is 0 Å². The number of aromatic nitrogens is 1. The number of anilines is 1. The Hall–Kier alpha value is -2.66. The van der Waals surface area contributed by atoms with E-state index in [0.717, 1.165) is 9.96 Å². The van der Waals surface area contributed by atoms with Crippen molar-refractivity contribution in [3.05, 3.63) is 60.0 Å². The molecular weight excluding hydrogens is 479 g/mol. The minimum Gasteiger partial charge on any atom is -0.488 e. The van der Waals surface area contributed by atoms with E-state index in [1.165, 1.54) is 35.6 Å². The third-order valence-corrected chi connectivity index (χ3v) is 6.38. The van der Waals surface area contributed by atoms with Gasteiger partial charge in [0.25, 0.3) is 5.91 Å². The van der Waals surface area contributed by atoms with Crippen molar-refractivity contribution < 1.29 is 28.1 Å². The van der Waals surface area contributed by atoms with Gasteiger partial charge in [0.1, 0.15) is 29.2 Å². The molecule has 1 atom stereocenters. The van der Waals surface area contributed by atoms with Crippen molar-refractivity contribution in [3.63, 3.8) is 0 Å². The van der Waals surface area contributed by atoms with Gasteiger partial charge in [-0.15, -0.1) is 11.8 Å². The number of halogens is 1. The van der Waals surface area contributed by atoms with Crippen LogP contribution in [-0.4, -0.2) is 49.7 Å². The summed E-state index contributed by atoms with van der Waals surface area (Å²) in [6.07, 6.45) is 1.49. The fourth-order valence-electron chi connectivity index (χ4n) is 2.87. The molecule has 0 fully saturated rings. The van der Waals surface area contributed by atoms with Gasteiger partial charge in [-0.2, -0.15) is 0 Å². The summed E-state index contributed by atoms with van der Waals surface area (Å²) in [6, 6.07) is 10.5. The molecule has 0 aliphatic rings. The minimum absolute atomic E-state index is 0.239. The number of nitrogens with zero attached hydrogens (tertiary/aromatic N) is 1. The number of rotatable bonds is 13. The normalized spacial score (nSPS) is 11.8. The molecule has 10 heteroatoms. The molecule has 1 aromatic heterocycles. The van der Waals surface area contributed by atoms with Crippen LogP contribution < -0.4 is 14.8 Å². The molecule has 2 aromatic carbocycles. The smallest absolute Gasteiger partial charge is 0.257 e. The van der Waals surface area contributed by atoms with Gasteiger partial charge >= 0.3 is 0 Å². The number of benzene rings is 2. The predicted molar refractivity (Wildman–Crippen MR) is 132 cm³/mol. The van der Waals surface area contributed by atoms with Crippen LogP contribution in [0.1, 0.15) is 24.2 Å². The van der Waals surface area contributed by atoms with E-state index in [0.29, 0.717) is 47.8 Å². The second-order valence-electron chi connectivity index (χ2n) is 7.12. The first-order valence-corrected chi connectivity index (χ1v) is 12.5. The molecule has 7 nitrogen and oxygen atoms in total. The lowest BCUT2D eigenvalue weighted by Gasteiger charge is -2.16. The first kappa shape index (κ1) is 26.0. The monoisotopic (exact) mass is 506 g/mol. The second kappa shape index (κ2) is 13.3. The van der Waals surface area contributed by atoms with E-state index in [2.05, 4.69) is 10.3 Å². The van der Waals surface area contributed by atoms with Crippen molar-refractivity contribution in [2.75, 3.05) is 38.0 Å². The van der Waals surface area contributed by atoms with Crippen LogP contribution in [0.3, 0.4) is 0 Å². The van der Waals surface area contributed by atoms with E-state index in [-0.39, 0.29) is 17.8 Å². The van der Waals surface area contributed by atoms with Gasteiger partial charge in [-0.25, -0.2) is 9.37 Å². The summed E-state index contributed by atoms with van der Waals surface area (Å²) in [5.74, 6) is 1.35. The number of ether oxygens (including phenoxy) is 4. The lowest BCUT2D eigenvalue weighted by molar-refractivity contribution is 0.0916. The standard InChI is InChI=1S/C24H27FN2O5S2/c1-4-30-9-10-33-22-14-26-24(34-22)27-23(28)17-11-20(31-16(2)15-29-3)13-21(12-17)32-19-7-5-18(25)6-8-19/h5-8,11-14,16H,4,9-10,15H2,1-3H3,(H,26,27,28)/t16-/m0/s1. The molecule has 0 bridgehead atoms. The van der Waals surface area contributed by atoms with Crippen molar-refractivity contribution in [1.29, 1.82) is 0 Å². The van der Waals surface area contributed by atoms with Gasteiger partial charge in [-0.05, 0) is 50.2 Å². The molecule has 1 heterocycles. The SMILES string of the molecule is CCOCCSc1cnc(NC(=O)c2cc(Oc3ccc(F)cc3)cc(O[C@@H](C)COC)c2)s1. The number of methoxy groups -OCH3 is 1. The highest BCUT2D eigenvalue weighted by atomic mass is 32.2. The number of hydrogen-bond acceptors (Lipinski definition) is 8. The summed E-state index contributed by atoms with van der Waals surface area (Å²) < 4.78 is 36.4. The van der Waals surface area contributed by atoms with Crippen LogP contribution in [0.2, 0.25) is 0 Å². The number of carbonyl (C=O) groups excluding carboxylic acids is 1. The summed E-state index contributed by atoms with van der Waals surface area (Å²) in [7, 11) is 1.59. The molecule has 3 rings (SSSR count). The Morgan fingerprint density at radius 1 is 1.18 bits per heavy atom. The molecule has 34 heavy (non-hydrogen) atoms. The Labute approximate surface area is 206 Å². The zero-order valence-corrected chi connectivity index (χ0v) is 20.8. The fourth-order valence-corrected chi connectivity index (χ4v) is 4.67. The average Bonchev–Trinajstić information content (AvgIpc) is 3.25. The van der Waals surface area contributed by atoms with Crippen molar-refractivity contribution in [3.8, 4) is 17.2 Å². The van der Waals surface area contributed by atoms with E-state index >= 15 is 0 Å². The largest absolute Gasteiger partial charge is 0.488 e. The highest BCUT2D eigenvalue weighted by Gasteiger charge is 2.15. The zero-order chi connectivity index (χ0) is 24.3. The van der Waals surface area contributed by atoms with Crippen LogP contribution in [0.4, 0.5) is 9.52 Å². The summed E-state index contributed by atoms with van der Waals surface area (Å²) in [5.41, 5.74) is 0.333. The van der Waals surface area contributed by atoms with Gasteiger partial charge < -0.3 is 18.9 Å². The molecular formula is C24H27FN2O5S2. The minimum atomic E-state index is -0.364. The Morgan fingerprint density at radius 2 is 1.94 bits per heavy atom. The highest BCUT2D eigenvalue weighted by Crippen LogP contribution is 2.31. The third-order valence-electron chi connectivity index (χ3n) is 4.31. The van der Waals surface area contributed by atoms with Crippen molar-refractivity contribution in [1.82, 2.24) is 4.98 Å². The quantitative estimate of drug-likeness (QED) is 0.229. The first-order chi connectivity index (χ1) is 16.5. The number of carbonyl (C=O) groups is 1. The van der Waals surface area contributed by atoms with E-state index in [1.807, 2.05) is 13.8 Å². The maximum absolute atomic E-state index is 13.2. The molecule has 0 spiro atoms. The molecule has 0 saturated heterocycles. The van der Waals surface area contributed by atoms with Gasteiger partial charge in [0.05, 0.1) is 23.6 Å². The lowest BCUT2D eigenvalue weighted by atomic mass is 10.2. The van der Waals surface area contributed by atoms with Crippen molar-refractivity contribution in [2.45, 2.75) is 24.2 Å². The van der Waals surface area contributed by atoms with Crippen LogP contribution >= 0.6 is 23.1 Å². The maximum Gasteiger partial charge on any atom is 0.257 e. The highest BCUT2D eigenvalue weighted by molar-refractivity contribution is 8.01. The van der Waals surface area contributed by atoms with Crippen LogP contribution in [0.25, 0.3) is 0 Å². The van der Waals surface area contributed by atoms with E-state index in [1.54, 1.807) is 43.3 Å². The van der Waals surface area contributed by atoms with Crippen LogP contribution in [-0.2, 0) is 9.47 Å². The van der Waals surface area contributed by atoms with Gasteiger partial charge in [0.2, 0.25) is 0 Å². The topological polar surface area (TPSA) is 78.9 Å². The molecule has 0 aliphatic carbocycles. The van der Waals surface area contributed by atoms with Crippen LogP contribution in [0, 0.1) is 5.82 Å². The predicted octanol–water partition coefficient (Wildman–Crippen LogP) is 5.87. The summed E-state index contributed by atoms with van der Waals surface area (Å²) >= 11 is 3.02. The van der Waals surface area contributed by atoms with Gasteiger partial charge in [0, 0.05) is 31.1 Å². The Kier molecular flexibility index (Phi) is 10.1. The maximum atomic E-state index is 13.2. The van der Waals surface area contributed by atoms with Gasteiger partial charge in [-0.1, -0.05) is 11.3 Å². The van der Waals surface area contributed by atoms with Crippen LogP contribution in [0.5, 0.6) is 17.2 Å². The van der Waals surface area contributed by atoms with Gasteiger partial charge in [0.15, 0.2) is 5.13 Å². The molecule has 0 saturated carbocycles. The molecule has 1 amide bonds. The zero-order valence-electron chi connectivity index (χ0n) is 19.2. The number of hydrogen-bond donors (Lipinski definition) is 1. The van der Waals surface area contributed by atoms with Gasteiger partial charge in [-0.3, -0.25) is 10.1 Å². The lowest BCUT2D eigenvalue weighted by Crippen LogP contribution is -2.18. The van der Waals surface area contributed by atoms with E-state index in [9.17, 15) is 9.18 Å². The molecule has 3 aromatic rings. The van der Waals surface area contributed by atoms with E-state index < -0.39 is 0 Å². The summed E-state index contributed by atoms with van der Waals surface area (Å²) in [4.78, 5) is 17.3. The summed E-state index contributed by atoms with van der Waals surface area (Å²) in [6.45, 7) is 5.54. The average molecular weight is 507 g/mol. The molecule has 0 unspecified atom stereocenters. The summed E-state index contributed by atoms with van der Waals surface area (Å²) in [5, 5.41) is 3.31. The third kappa shape index (κ3) is 8.28. The Morgan fingerprint density at radius 3 is 2.68 bits per heavy atom. The number of thioether (sulfide) groups is 1. The molecule has 182 valence electrons. The molecule has 1 N–H and O–H groups in total. The molecule has 0 radical (unpaired) electrons. The second-order valence-corrected chi connectivity index (χ2v) is 9.54. The number of amides is 1. The number of thiazole rings is 1. The fraction of sp³-hybridized carbons (Fsp3) is 0.333. The van der Waals surface area contributed by atoms with Crippen molar-refractivity contribution >= 4 is 34.1 Å². The Balaban J connectivity index is 1.74. The molecule has 0 aliphatic heterocycles. The Bertz CT molecular complexity index is 1060. The number of nitrogens with one attached hydrogen (secondary N) is 1. The van der Waals surface area contributed by atoms with Crippen LogP contribution in [0.15, 0.2) is 52.9 Å². The first-order valence-electron chi connectivity index (χ1n) is 10.7. The van der Waals surface area contributed by atoms with E-state index in [4.69, 9.17) is 18.9 Å².